The van der Waals surface area contributed by atoms with Gasteiger partial charge in [0.2, 0.25) is 0 Å². The van der Waals surface area contributed by atoms with E-state index in [2.05, 4.69) is 5.32 Å². The number of carbonyl (C=O) groups excluding carboxylic acids is 1. The van der Waals surface area contributed by atoms with Gasteiger partial charge in [0, 0.05) is 43.4 Å². The quantitative estimate of drug-likeness (QED) is 0.682. The fourth-order valence-corrected chi connectivity index (χ4v) is 2.65. The van der Waals surface area contributed by atoms with Gasteiger partial charge < -0.3 is 13.9 Å². The second kappa shape index (κ2) is 9.56. The molecule has 0 saturated carbocycles. The summed E-state index contributed by atoms with van der Waals surface area (Å²) in [5.41, 5.74) is 0.164. The number of methoxy groups -OCH3 is 1. The van der Waals surface area contributed by atoms with Crippen LogP contribution in [0.2, 0.25) is 0 Å². The molecule has 1 heterocycles. The van der Waals surface area contributed by atoms with Gasteiger partial charge in [-0.1, -0.05) is 0 Å². The van der Waals surface area contributed by atoms with E-state index in [0.29, 0.717) is 16.6 Å². The number of anilines is 1. The van der Waals surface area contributed by atoms with E-state index < -0.39 is 24.4 Å². The van der Waals surface area contributed by atoms with Gasteiger partial charge in [-0.05, 0) is 24.6 Å². The van der Waals surface area contributed by atoms with Gasteiger partial charge in [0.1, 0.15) is 5.58 Å². The minimum absolute atomic E-state index is 0.0419. The molecule has 7 nitrogen and oxygen atoms in total. The predicted octanol–water partition coefficient (Wildman–Crippen LogP) is 3.37. The number of halogens is 3. The number of amides is 1. The smallest absolute Gasteiger partial charge is 0.411 e. The highest BCUT2D eigenvalue weighted by Crippen LogP contribution is 2.24. The molecule has 1 N–H and O–H groups in total. The maximum Gasteiger partial charge on any atom is 0.411 e. The number of nitrogens with zero attached hydrogens (tertiary/aromatic N) is 1. The summed E-state index contributed by atoms with van der Waals surface area (Å²) < 4.78 is 53.3. The SMILES string of the molecule is CCOC(=O)Nc1ccc2c(CN(CCOC)CC(F)(F)F)cc(=O)oc2c1. The first-order chi connectivity index (χ1) is 13.2. The van der Waals surface area contributed by atoms with E-state index >= 15 is 0 Å². The Hall–Kier alpha value is -2.59. The highest BCUT2D eigenvalue weighted by atomic mass is 19.4. The highest BCUT2D eigenvalue weighted by molar-refractivity contribution is 5.89. The van der Waals surface area contributed by atoms with Crippen molar-refractivity contribution in [3.63, 3.8) is 0 Å². The predicted molar refractivity (Wildman–Crippen MR) is 96.3 cm³/mol. The first-order valence-electron chi connectivity index (χ1n) is 8.50. The van der Waals surface area contributed by atoms with E-state index in [1.807, 2.05) is 0 Å². The molecule has 2 rings (SSSR count). The lowest BCUT2D eigenvalue weighted by Gasteiger charge is -2.23. The second-order valence-electron chi connectivity index (χ2n) is 5.97. The molecule has 0 aliphatic rings. The summed E-state index contributed by atoms with van der Waals surface area (Å²) in [6.07, 6.45) is -5.06. The summed E-state index contributed by atoms with van der Waals surface area (Å²) in [6.45, 7) is 0.746. The number of benzene rings is 1. The van der Waals surface area contributed by atoms with Crippen LogP contribution >= 0.6 is 0 Å². The highest BCUT2D eigenvalue weighted by Gasteiger charge is 2.30. The third-order valence-electron chi connectivity index (χ3n) is 3.76. The van der Waals surface area contributed by atoms with Crippen LogP contribution in [0.5, 0.6) is 0 Å². The molecule has 28 heavy (non-hydrogen) atoms. The zero-order valence-electron chi connectivity index (χ0n) is 15.5. The summed E-state index contributed by atoms with van der Waals surface area (Å²) >= 11 is 0. The van der Waals surface area contributed by atoms with E-state index in [1.54, 1.807) is 19.1 Å². The zero-order chi connectivity index (χ0) is 20.7. The van der Waals surface area contributed by atoms with Crippen LogP contribution in [-0.4, -0.2) is 50.6 Å². The maximum atomic E-state index is 12.9. The molecule has 0 bridgehead atoms. The van der Waals surface area contributed by atoms with Crippen LogP contribution in [0, 0.1) is 0 Å². The number of fused-ring (bicyclic) bond motifs is 1. The molecule has 2 aromatic rings. The molecule has 0 aliphatic carbocycles. The lowest BCUT2D eigenvalue weighted by atomic mass is 10.1. The second-order valence-corrected chi connectivity index (χ2v) is 5.97. The number of hydrogen-bond donors (Lipinski definition) is 1. The average molecular weight is 402 g/mol. The Morgan fingerprint density at radius 2 is 2.04 bits per heavy atom. The molecule has 0 saturated heterocycles. The number of alkyl halides is 3. The summed E-state index contributed by atoms with van der Waals surface area (Å²) in [5, 5.41) is 2.95. The van der Waals surface area contributed by atoms with Gasteiger partial charge in [-0.3, -0.25) is 10.2 Å². The van der Waals surface area contributed by atoms with Gasteiger partial charge in [-0.2, -0.15) is 13.2 Å². The van der Waals surface area contributed by atoms with Crippen LogP contribution in [0.3, 0.4) is 0 Å². The van der Waals surface area contributed by atoms with Crippen molar-refractivity contribution in [1.29, 1.82) is 0 Å². The van der Waals surface area contributed by atoms with Crippen molar-refractivity contribution < 1.29 is 31.9 Å². The van der Waals surface area contributed by atoms with Crippen molar-refractivity contribution in [1.82, 2.24) is 4.90 Å². The summed E-state index contributed by atoms with van der Waals surface area (Å²) in [7, 11) is 1.40. The molecule has 0 unspecified atom stereocenters. The normalized spacial score (nSPS) is 11.8. The van der Waals surface area contributed by atoms with E-state index in [1.165, 1.54) is 13.2 Å². The van der Waals surface area contributed by atoms with Crippen molar-refractivity contribution in [3.05, 3.63) is 40.2 Å². The molecule has 1 aromatic carbocycles. The molecule has 1 amide bonds. The third kappa shape index (κ3) is 6.54. The van der Waals surface area contributed by atoms with Gasteiger partial charge >= 0.3 is 17.9 Å². The molecule has 1 aromatic heterocycles. The number of carbonyl (C=O) groups is 1. The van der Waals surface area contributed by atoms with Gasteiger partial charge in [-0.15, -0.1) is 0 Å². The Bertz CT molecular complexity index is 866. The standard InChI is InChI=1S/C18H21F3N2O5/c1-3-27-17(25)22-13-4-5-14-12(8-16(24)28-15(14)9-13)10-23(6-7-26-2)11-18(19,20)21/h4-5,8-9H,3,6-7,10-11H2,1-2H3,(H,22,25). The average Bonchev–Trinajstić information content (AvgIpc) is 2.58. The Morgan fingerprint density at radius 3 is 2.68 bits per heavy atom. The molecule has 0 fully saturated rings. The molecule has 0 radical (unpaired) electrons. The van der Waals surface area contributed by atoms with Crippen molar-refractivity contribution in [2.24, 2.45) is 0 Å². The monoisotopic (exact) mass is 402 g/mol. The largest absolute Gasteiger partial charge is 0.450 e. The molecule has 10 heteroatoms. The van der Waals surface area contributed by atoms with Crippen molar-refractivity contribution in [2.75, 3.05) is 38.7 Å². The molecule has 0 spiro atoms. The number of hydrogen-bond acceptors (Lipinski definition) is 6. The molecule has 0 aliphatic heterocycles. The van der Waals surface area contributed by atoms with Gasteiger partial charge in [0.05, 0.1) is 19.8 Å². The van der Waals surface area contributed by atoms with Crippen LogP contribution in [0.15, 0.2) is 33.5 Å². The fraction of sp³-hybridized carbons (Fsp3) is 0.444. The van der Waals surface area contributed by atoms with Crippen LogP contribution in [-0.2, 0) is 16.0 Å². The first kappa shape index (κ1) is 21.7. The Morgan fingerprint density at radius 1 is 1.29 bits per heavy atom. The Kier molecular flexibility index (Phi) is 7.41. The fourth-order valence-electron chi connectivity index (χ4n) is 2.65. The Labute approximate surface area is 159 Å². The van der Waals surface area contributed by atoms with Crippen LogP contribution in [0.1, 0.15) is 12.5 Å². The zero-order valence-corrected chi connectivity index (χ0v) is 15.5. The van der Waals surface area contributed by atoms with Crippen molar-refractivity contribution in [3.8, 4) is 0 Å². The lowest BCUT2D eigenvalue weighted by Crippen LogP contribution is -2.36. The van der Waals surface area contributed by atoms with Gasteiger partial charge in [-0.25, -0.2) is 9.59 Å². The van der Waals surface area contributed by atoms with E-state index in [0.717, 1.165) is 11.0 Å². The lowest BCUT2D eigenvalue weighted by molar-refractivity contribution is -0.148. The first-order valence-corrected chi connectivity index (χ1v) is 8.50. The minimum atomic E-state index is -4.39. The third-order valence-corrected chi connectivity index (χ3v) is 3.76. The van der Waals surface area contributed by atoms with E-state index in [9.17, 15) is 22.8 Å². The van der Waals surface area contributed by atoms with E-state index in [4.69, 9.17) is 13.9 Å². The van der Waals surface area contributed by atoms with Crippen LogP contribution < -0.4 is 10.9 Å². The number of rotatable bonds is 8. The number of nitrogens with one attached hydrogen (secondary N) is 1. The molecular formula is C18H21F3N2O5. The topological polar surface area (TPSA) is 81.0 Å². The number of ether oxygens (including phenoxy) is 2. The Balaban J connectivity index is 2.32. The van der Waals surface area contributed by atoms with Crippen molar-refractivity contribution >= 4 is 22.7 Å². The molecule has 154 valence electrons. The van der Waals surface area contributed by atoms with Gasteiger partial charge in [0.15, 0.2) is 0 Å². The van der Waals surface area contributed by atoms with Crippen LogP contribution in [0.25, 0.3) is 11.0 Å². The minimum Gasteiger partial charge on any atom is -0.450 e. The van der Waals surface area contributed by atoms with Crippen molar-refractivity contribution in [2.45, 2.75) is 19.6 Å². The van der Waals surface area contributed by atoms with Crippen LogP contribution in [0.4, 0.5) is 23.7 Å². The summed E-state index contributed by atoms with van der Waals surface area (Å²) in [5.74, 6) is 0. The maximum absolute atomic E-state index is 12.9. The molecular weight excluding hydrogens is 381 g/mol. The molecule has 0 atom stereocenters. The van der Waals surface area contributed by atoms with E-state index in [-0.39, 0.29) is 31.9 Å². The van der Waals surface area contributed by atoms with Gasteiger partial charge in [0.25, 0.3) is 0 Å². The summed E-state index contributed by atoms with van der Waals surface area (Å²) in [6, 6.07) is 5.70. The summed E-state index contributed by atoms with van der Waals surface area (Å²) in [4.78, 5) is 24.5.